The van der Waals surface area contributed by atoms with Crippen LogP contribution in [0.2, 0.25) is 0 Å². The van der Waals surface area contributed by atoms with Crippen molar-refractivity contribution in [2.24, 2.45) is 0 Å². The number of fused-ring (bicyclic) bond motifs is 1. The molecule has 4 heterocycles. The lowest BCUT2D eigenvalue weighted by molar-refractivity contribution is -0.0589. The van der Waals surface area contributed by atoms with Gasteiger partial charge in [-0.25, -0.2) is 18.4 Å². The van der Waals surface area contributed by atoms with Crippen molar-refractivity contribution in [3.8, 4) is 0 Å². The second kappa shape index (κ2) is 15.3. The lowest BCUT2D eigenvalue weighted by Crippen LogP contribution is -2.45. The largest absolute Gasteiger partial charge is 0.388 e. The van der Waals surface area contributed by atoms with Gasteiger partial charge in [-0.2, -0.15) is 4.98 Å². The number of pyridine rings is 1. The predicted molar refractivity (Wildman–Crippen MR) is 182 cm³/mol. The second-order valence-corrected chi connectivity index (χ2v) is 14.9. The number of aliphatic hydroxyl groups is 1. The van der Waals surface area contributed by atoms with Crippen LogP contribution in [-0.4, -0.2) is 85.0 Å². The summed E-state index contributed by atoms with van der Waals surface area (Å²) >= 11 is 0. The van der Waals surface area contributed by atoms with Gasteiger partial charge in [-0.3, -0.25) is 0 Å². The molecule has 1 atom stereocenters. The number of hydrogen-bond acceptors (Lipinski definition) is 10. The standard InChI is InChI=1S/C29H40N6O2.C2H6O2S.C2H6/c1-19(2)22-6-7-25(35-15-9-20(35)3)24-17-31-27(16-23(22)24)32-26-8-12-30-28(33-26)34-13-10-21(11-14-34)37-18-29(4,5)36;1-5(2,3)4;1-2/h6-8,12,16-17,19-21,36H,9-11,13-15,18H2,1-5H3,(H,30,31,32,33);1-2H3;1-2H3. The van der Waals surface area contributed by atoms with Crippen LogP contribution in [0.1, 0.15) is 79.2 Å². The maximum Gasteiger partial charge on any atom is 0.227 e. The van der Waals surface area contributed by atoms with Crippen molar-refractivity contribution in [1.29, 1.82) is 0 Å². The summed E-state index contributed by atoms with van der Waals surface area (Å²) in [4.78, 5) is 18.8. The van der Waals surface area contributed by atoms with Gasteiger partial charge in [-0.15, -0.1) is 0 Å². The van der Waals surface area contributed by atoms with Crippen LogP contribution in [0.5, 0.6) is 0 Å². The zero-order valence-corrected chi connectivity index (χ0v) is 28.8. The number of piperidine rings is 1. The number of aromatic nitrogens is 3. The lowest BCUT2D eigenvalue weighted by Gasteiger charge is -2.41. The SMILES string of the molecule is CC.CC(C)c1ccc(N2CCC2C)c2cnc(Nc3ccnc(N4CCC(OCC(C)(C)O)CC4)n3)cc12.CS(C)(=O)=O. The Hall–Kier alpha value is -3.02. The number of hydrogen-bond donors (Lipinski definition) is 2. The molecular weight excluding hydrogens is 576 g/mol. The number of anilines is 4. The van der Waals surface area contributed by atoms with E-state index in [4.69, 9.17) is 14.7 Å². The molecule has 0 saturated carbocycles. The van der Waals surface area contributed by atoms with E-state index >= 15 is 0 Å². The van der Waals surface area contributed by atoms with Gasteiger partial charge in [-0.05, 0) is 75.1 Å². The van der Waals surface area contributed by atoms with Crippen molar-refractivity contribution < 1.29 is 18.3 Å². The van der Waals surface area contributed by atoms with Gasteiger partial charge >= 0.3 is 0 Å². The summed E-state index contributed by atoms with van der Waals surface area (Å²) in [6, 6.07) is 9.15. The Morgan fingerprint density at radius 3 is 2.23 bits per heavy atom. The number of nitrogens with one attached hydrogen (secondary N) is 1. The number of nitrogens with zero attached hydrogens (tertiary/aromatic N) is 5. The van der Waals surface area contributed by atoms with Gasteiger partial charge in [0.2, 0.25) is 5.95 Å². The third kappa shape index (κ3) is 10.3. The quantitative estimate of drug-likeness (QED) is 0.310. The lowest BCUT2D eigenvalue weighted by atomic mass is 9.94. The van der Waals surface area contributed by atoms with Crippen molar-refractivity contribution in [2.75, 3.05) is 53.9 Å². The Bertz CT molecular complexity index is 1460. The second-order valence-electron chi connectivity index (χ2n) is 12.6. The fourth-order valence-electron chi connectivity index (χ4n) is 5.19. The molecule has 0 spiro atoms. The van der Waals surface area contributed by atoms with E-state index in [0.717, 1.165) is 56.6 Å². The molecule has 44 heavy (non-hydrogen) atoms. The molecule has 11 heteroatoms. The minimum absolute atomic E-state index is 0.157. The zero-order valence-electron chi connectivity index (χ0n) is 28.0. The van der Waals surface area contributed by atoms with Crippen LogP contribution in [0.15, 0.2) is 36.7 Å². The first-order valence-electron chi connectivity index (χ1n) is 15.7. The van der Waals surface area contributed by atoms with Crippen LogP contribution >= 0.6 is 0 Å². The van der Waals surface area contributed by atoms with Crippen LogP contribution < -0.4 is 15.1 Å². The number of benzene rings is 1. The summed E-state index contributed by atoms with van der Waals surface area (Å²) in [7, 11) is -2.67. The Labute approximate surface area is 264 Å². The van der Waals surface area contributed by atoms with Gasteiger partial charge < -0.3 is 25.0 Å². The fraction of sp³-hybridized carbons (Fsp3) is 0.606. The summed E-state index contributed by atoms with van der Waals surface area (Å²) in [6.45, 7) is 17.4. The molecule has 2 N–H and O–H groups in total. The summed E-state index contributed by atoms with van der Waals surface area (Å²) in [6.07, 6.45) is 9.29. The normalized spacial score (nSPS) is 17.4. The van der Waals surface area contributed by atoms with E-state index in [0.29, 0.717) is 24.5 Å². The van der Waals surface area contributed by atoms with Gasteiger partial charge in [0.25, 0.3) is 0 Å². The van der Waals surface area contributed by atoms with Crippen LogP contribution in [0.3, 0.4) is 0 Å². The summed E-state index contributed by atoms with van der Waals surface area (Å²) in [5.74, 6) is 2.65. The molecule has 2 aliphatic heterocycles. The Kier molecular flexibility index (Phi) is 12.3. The number of rotatable bonds is 8. The Balaban J connectivity index is 0.000000688. The van der Waals surface area contributed by atoms with Crippen LogP contribution in [-0.2, 0) is 14.6 Å². The minimum Gasteiger partial charge on any atom is -0.388 e. The maximum absolute atomic E-state index is 9.92. The first-order valence-corrected chi connectivity index (χ1v) is 18.0. The van der Waals surface area contributed by atoms with E-state index in [1.54, 1.807) is 20.0 Å². The van der Waals surface area contributed by atoms with Gasteiger partial charge in [0.15, 0.2) is 0 Å². The Morgan fingerprint density at radius 1 is 1.02 bits per heavy atom. The molecular formula is C33H52N6O4S. The molecule has 244 valence electrons. The molecule has 1 unspecified atom stereocenters. The molecule has 2 aromatic heterocycles. The highest BCUT2D eigenvalue weighted by Crippen LogP contribution is 2.37. The fourth-order valence-corrected chi connectivity index (χ4v) is 5.19. The smallest absolute Gasteiger partial charge is 0.227 e. The van der Waals surface area contributed by atoms with Gasteiger partial charge in [0.1, 0.15) is 21.5 Å². The summed E-state index contributed by atoms with van der Waals surface area (Å²) in [5.41, 5.74) is 1.80. The molecule has 0 bridgehead atoms. The molecule has 0 amide bonds. The molecule has 0 aliphatic carbocycles. The molecule has 0 radical (unpaired) electrons. The highest BCUT2D eigenvalue weighted by molar-refractivity contribution is 7.89. The average Bonchev–Trinajstić information content (AvgIpc) is 2.95. The van der Waals surface area contributed by atoms with Crippen LogP contribution in [0, 0.1) is 0 Å². The molecule has 3 aromatic rings. The molecule has 2 fully saturated rings. The molecule has 2 saturated heterocycles. The zero-order chi connectivity index (χ0) is 32.7. The van der Waals surface area contributed by atoms with Crippen LogP contribution in [0.25, 0.3) is 10.8 Å². The van der Waals surface area contributed by atoms with E-state index in [2.05, 4.69) is 59.1 Å². The summed E-state index contributed by atoms with van der Waals surface area (Å²) in [5, 5.41) is 15.8. The highest BCUT2D eigenvalue weighted by Gasteiger charge is 2.26. The highest BCUT2D eigenvalue weighted by atomic mass is 32.2. The first kappa shape index (κ1) is 35.5. The molecule has 2 aliphatic rings. The monoisotopic (exact) mass is 628 g/mol. The van der Waals surface area contributed by atoms with Crippen molar-refractivity contribution in [2.45, 2.75) is 91.4 Å². The maximum atomic E-state index is 9.92. The van der Waals surface area contributed by atoms with E-state index in [9.17, 15) is 13.5 Å². The topological polar surface area (TPSA) is 121 Å². The van der Waals surface area contributed by atoms with Crippen LogP contribution in [0.4, 0.5) is 23.3 Å². The van der Waals surface area contributed by atoms with Crippen molar-refractivity contribution in [3.63, 3.8) is 0 Å². The van der Waals surface area contributed by atoms with Gasteiger partial charge in [0.05, 0.1) is 18.3 Å². The van der Waals surface area contributed by atoms with Crippen molar-refractivity contribution in [1.82, 2.24) is 15.0 Å². The average molecular weight is 629 g/mol. The minimum atomic E-state index is -2.67. The van der Waals surface area contributed by atoms with Crippen molar-refractivity contribution >= 4 is 43.9 Å². The summed E-state index contributed by atoms with van der Waals surface area (Å²) < 4.78 is 25.2. The van der Waals surface area contributed by atoms with E-state index in [-0.39, 0.29) is 6.10 Å². The molecule has 1 aromatic carbocycles. The molecule has 10 nitrogen and oxygen atoms in total. The predicted octanol–water partition coefficient (Wildman–Crippen LogP) is 5.93. The van der Waals surface area contributed by atoms with E-state index < -0.39 is 15.4 Å². The molecule has 5 rings (SSSR count). The van der Waals surface area contributed by atoms with E-state index in [1.807, 2.05) is 26.1 Å². The van der Waals surface area contributed by atoms with Crippen molar-refractivity contribution in [3.05, 3.63) is 42.2 Å². The first-order chi connectivity index (χ1) is 20.7. The third-order valence-corrected chi connectivity index (χ3v) is 7.46. The van der Waals surface area contributed by atoms with Gasteiger partial charge in [-0.1, -0.05) is 33.8 Å². The third-order valence-electron chi connectivity index (χ3n) is 7.46. The van der Waals surface area contributed by atoms with E-state index in [1.165, 1.54) is 28.4 Å². The van der Waals surface area contributed by atoms with Gasteiger partial charge in [0, 0.05) is 61.7 Å². The number of ether oxygens (including phenoxy) is 1. The Morgan fingerprint density at radius 2 is 1.68 bits per heavy atom. The number of sulfone groups is 1.